The summed E-state index contributed by atoms with van der Waals surface area (Å²) >= 11 is 0. The molecule has 0 heterocycles. The minimum atomic E-state index is 0.440. The van der Waals surface area contributed by atoms with E-state index in [1.165, 1.54) is 57.8 Å². The molecule has 0 N–H and O–H groups in total. The molecule has 2 atom stereocenters. The summed E-state index contributed by atoms with van der Waals surface area (Å²) in [5.41, 5.74) is 1.37. The molecule has 0 aliphatic rings. The van der Waals surface area contributed by atoms with E-state index < -0.39 is 0 Å². The van der Waals surface area contributed by atoms with E-state index in [0.717, 1.165) is 0 Å². The molecule has 20 heavy (non-hydrogen) atoms. The van der Waals surface area contributed by atoms with E-state index >= 15 is 0 Å². The average molecular weight is 283 g/mol. The van der Waals surface area contributed by atoms with E-state index in [0.29, 0.717) is 16.2 Å². The third-order valence-electron chi connectivity index (χ3n) is 6.56. The Morgan fingerprint density at radius 2 is 1.15 bits per heavy atom. The largest absolute Gasteiger partial charge is 0.0654 e. The highest BCUT2D eigenvalue weighted by molar-refractivity contribution is 5.00. The topological polar surface area (TPSA) is 0 Å². The fraction of sp³-hybridized carbons (Fsp3) is 1.00. The summed E-state index contributed by atoms with van der Waals surface area (Å²) < 4.78 is 0. The maximum absolute atomic E-state index is 2.61. The van der Waals surface area contributed by atoms with Crippen molar-refractivity contribution >= 4 is 0 Å². The molecule has 0 heteroatoms. The van der Waals surface area contributed by atoms with Crippen LogP contribution in [0.15, 0.2) is 0 Å². The van der Waals surface area contributed by atoms with Gasteiger partial charge in [-0.2, -0.15) is 0 Å². The third-order valence-corrected chi connectivity index (χ3v) is 6.56. The standard InChI is InChI=1S/C20H42/c1-9-13-14-17-20(8,18(5,6)15-10-2)19(7,12-4)16-11-3/h9-17H2,1-8H3. The zero-order chi connectivity index (χ0) is 15.9. The van der Waals surface area contributed by atoms with Gasteiger partial charge in [0, 0.05) is 0 Å². The van der Waals surface area contributed by atoms with Gasteiger partial charge in [-0.05, 0) is 35.5 Å². The summed E-state index contributed by atoms with van der Waals surface area (Å²) in [5, 5.41) is 0. The Bertz CT molecular complexity index is 253. The second-order valence-electron chi connectivity index (χ2n) is 8.09. The predicted molar refractivity (Wildman–Crippen MR) is 94.2 cm³/mol. The van der Waals surface area contributed by atoms with E-state index in [2.05, 4.69) is 55.4 Å². The molecule has 0 amide bonds. The minimum absolute atomic E-state index is 0.440. The summed E-state index contributed by atoms with van der Waals surface area (Å²) in [5.74, 6) is 0. The summed E-state index contributed by atoms with van der Waals surface area (Å²) in [4.78, 5) is 0. The first-order chi connectivity index (χ1) is 9.24. The smallest absolute Gasteiger partial charge is 0.0221 e. The molecule has 0 aromatic heterocycles. The lowest BCUT2D eigenvalue weighted by atomic mass is 9.48. The van der Waals surface area contributed by atoms with Gasteiger partial charge in [0.1, 0.15) is 0 Å². The summed E-state index contributed by atoms with van der Waals surface area (Å²) in [7, 11) is 0. The van der Waals surface area contributed by atoms with E-state index in [1.807, 2.05) is 0 Å². The van der Waals surface area contributed by atoms with Crippen LogP contribution in [0.5, 0.6) is 0 Å². The van der Waals surface area contributed by atoms with Crippen LogP contribution in [-0.2, 0) is 0 Å². The lowest BCUT2D eigenvalue weighted by Crippen LogP contribution is -2.48. The van der Waals surface area contributed by atoms with E-state index in [-0.39, 0.29) is 0 Å². The van der Waals surface area contributed by atoms with Gasteiger partial charge in [-0.25, -0.2) is 0 Å². The first-order valence-corrected chi connectivity index (χ1v) is 9.24. The number of unbranched alkanes of at least 4 members (excludes halogenated alkanes) is 2. The highest BCUT2D eigenvalue weighted by atomic mass is 14.5. The molecule has 0 aliphatic carbocycles. The molecule has 0 bridgehead atoms. The first-order valence-electron chi connectivity index (χ1n) is 9.24. The highest BCUT2D eigenvalue weighted by Crippen LogP contribution is 2.59. The monoisotopic (exact) mass is 282 g/mol. The van der Waals surface area contributed by atoms with Crippen LogP contribution >= 0.6 is 0 Å². The molecular formula is C20H42. The SMILES string of the molecule is CCCCCC(C)(C(C)(C)CCC)C(C)(CC)CCC. The summed E-state index contributed by atoms with van der Waals surface area (Å²) in [6, 6.07) is 0. The quantitative estimate of drug-likeness (QED) is 0.342. The molecular weight excluding hydrogens is 240 g/mol. The lowest BCUT2D eigenvalue weighted by Gasteiger charge is -2.56. The molecule has 2 unspecified atom stereocenters. The molecule has 0 fully saturated rings. The Kier molecular flexibility index (Phi) is 8.44. The second kappa shape index (κ2) is 8.44. The molecule has 0 aromatic carbocycles. The Morgan fingerprint density at radius 3 is 1.55 bits per heavy atom. The summed E-state index contributed by atoms with van der Waals surface area (Å²) in [6.07, 6.45) is 12.2. The van der Waals surface area contributed by atoms with Crippen LogP contribution in [0, 0.1) is 16.2 Å². The van der Waals surface area contributed by atoms with Crippen LogP contribution in [0.25, 0.3) is 0 Å². The lowest BCUT2D eigenvalue weighted by molar-refractivity contribution is -0.0699. The molecule has 0 saturated heterocycles. The first kappa shape index (κ1) is 20.0. The highest BCUT2D eigenvalue weighted by Gasteiger charge is 2.50. The normalized spacial score (nSPS) is 18.6. The van der Waals surface area contributed by atoms with Gasteiger partial charge in [-0.1, -0.05) is 93.9 Å². The molecule has 0 aliphatic heterocycles. The van der Waals surface area contributed by atoms with Gasteiger partial charge < -0.3 is 0 Å². The maximum Gasteiger partial charge on any atom is -0.0221 e. The molecule has 0 spiro atoms. The Hall–Kier alpha value is 0. The van der Waals surface area contributed by atoms with Gasteiger partial charge in [-0.15, -0.1) is 0 Å². The number of rotatable bonds is 11. The molecule has 0 nitrogen and oxygen atoms in total. The van der Waals surface area contributed by atoms with E-state index in [4.69, 9.17) is 0 Å². The fourth-order valence-electron chi connectivity index (χ4n) is 4.48. The van der Waals surface area contributed by atoms with Crippen molar-refractivity contribution in [2.45, 2.75) is 113 Å². The van der Waals surface area contributed by atoms with Gasteiger partial charge in [0.25, 0.3) is 0 Å². The van der Waals surface area contributed by atoms with Crippen LogP contribution in [-0.4, -0.2) is 0 Å². The van der Waals surface area contributed by atoms with Crippen molar-refractivity contribution in [3.63, 3.8) is 0 Å². The Labute approximate surface area is 130 Å². The number of hydrogen-bond acceptors (Lipinski definition) is 0. The Morgan fingerprint density at radius 1 is 0.600 bits per heavy atom. The third kappa shape index (κ3) is 4.25. The van der Waals surface area contributed by atoms with Crippen molar-refractivity contribution in [3.8, 4) is 0 Å². The summed E-state index contributed by atoms with van der Waals surface area (Å²) in [6.45, 7) is 19.7. The van der Waals surface area contributed by atoms with Crippen LogP contribution in [0.4, 0.5) is 0 Å². The van der Waals surface area contributed by atoms with E-state index in [1.54, 1.807) is 0 Å². The van der Waals surface area contributed by atoms with Crippen molar-refractivity contribution in [1.82, 2.24) is 0 Å². The minimum Gasteiger partial charge on any atom is -0.0654 e. The average Bonchev–Trinajstić information content (AvgIpc) is 2.38. The predicted octanol–water partition coefficient (Wildman–Crippen LogP) is 7.62. The van der Waals surface area contributed by atoms with Crippen LogP contribution < -0.4 is 0 Å². The van der Waals surface area contributed by atoms with Crippen molar-refractivity contribution in [2.24, 2.45) is 16.2 Å². The maximum atomic E-state index is 2.61. The molecule has 0 radical (unpaired) electrons. The zero-order valence-corrected chi connectivity index (χ0v) is 15.9. The molecule has 122 valence electrons. The van der Waals surface area contributed by atoms with Crippen LogP contribution in [0.3, 0.4) is 0 Å². The van der Waals surface area contributed by atoms with Crippen molar-refractivity contribution < 1.29 is 0 Å². The number of hydrogen-bond donors (Lipinski definition) is 0. The van der Waals surface area contributed by atoms with Gasteiger partial charge in [-0.3, -0.25) is 0 Å². The van der Waals surface area contributed by atoms with Crippen molar-refractivity contribution in [3.05, 3.63) is 0 Å². The fourth-order valence-corrected chi connectivity index (χ4v) is 4.48. The zero-order valence-electron chi connectivity index (χ0n) is 15.9. The van der Waals surface area contributed by atoms with Crippen molar-refractivity contribution in [1.29, 1.82) is 0 Å². The second-order valence-corrected chi connectivity index (χ2v) is 8.09. The van der Waals surface area contributed by atoms with E-state index in [9.17, 15) is 0 Å². The molecule has 0 rings (SSSR count). The molecule has 0 aromatic rings. The van der Waals surface area contributed by atoms with Gasteiger partial charge >= 0.3 is 0 Å². The van der Waals surface area contributed by atoms with Crippen LogP contribution in [0.1, 0.15) is 113 Å². The van der Waals surface area contributed by atoms with Crippen molar-refractivity contribution in [2.75, 3.05) is 0 Å². The van der Waals surface area contributed by atoms with Gasteiger partial charge in [0.05, 0.1) is 0 Å². The van der Waals surface area contributed by atoms with Crippen LogP contribution in [0.2, 0.25) is 0 Å². The Balaban J connectivity index is 5.41. The molecule has 0 saturated carbocycles. The van der Waals surface area contributed by atoms with Gasteiger partial charge in [0.2, 0.25) is 0 Å². The van der Waals surface area contributed by atoms with Gasteiger partial charge in [0.15, 0.2) is 0 Å².